The Hall–Kier alpha value is -2.87. The molecule has 2 heteroatoms. The molecule has 0 amide bonds. The average molecular weight is 443 g/mol. The van der Waals surface area contributed by atoms with Crippen LogP contribution in [0.4, 0.5) is 0 Å². The largest absolute Gasteiger partial charge is 0.507 e. The van der Waals surface area contributed by atoms with E-state index in [1.165, 1.54) is 5.56 Å². The van der Waals surface area contributed by atoms with Crippen LogP contribution in [0.25, 0.3) is 0 Å². The Morgan fingerprint density at radius 2 is 1.18 bits per heavy atom. The summed E-state index contributed by atoms with van der Waals surface area (Å²) >= 11 is 0. The Labute approximate surface area is 199 Å². The summed E-state index contributed by atoms with van der Waals surface area (Å²) in [6.45, 7) is 16.9. The van der Waals surface area contributed by atoms with Crippen LogP contribution < -0.4 is 0 Å². The van der Waals surface area contributed by atoms with Crippen LogP contribution in [0, 0.1) is 0 Å². The van der Waals surface area contributed by atoms with E-state index in [1.807, 2.05) is 54.6 Å². The molecule has 1 unspecified atom stereocenters. The average Bonchev–Trinajstić information content (AvgIpc) is 2.74. The summed E-state index contributed by atoms with van der Waals surface area (Å²) in [6, 6.07) is 22.0. The van der Waals surface area contributed by atoms with Gasteiger partial charge < -0.3 is 5.11 Å². The van der Waals surface area contributed by atoms with Crippen molar-refractivity contribution in [2.45, 2.75) is 78.1 Å². The fraction of sp³-hybridized carbons (Fsp3) is 0.387. The molecule has 0 fully saturated rings. The van der Waals surface area contributed by atoms with Crippen molar-refractivity contribution < 1.29 is 9.90 Å². The molecule has 0 spiro atoms. The van der Waals surface area contributed by atoms with E-state index < -0.39 is 5.92 Å². The number of carbonyl (C=O) groups is 1. The molecular weight excluding hydrogens is 404 g/mol. The van der Waals surface area contributed by atoms with Gasteiger partial charge in [-0.3, -0.25) is 4.79 Å². The molecule has 0 aromatic heterocycles. The maximum Gasteiger partial charge on any atom is 0.174 e. The summed E-state index contributed by atoms with van der Waals surface area (Å²) in [5, 5.41) is 11.2. The van der Waals surface area contributed by atoms with Crippen LogP contribution in [0.3, 0.4) is 0 Å². The number of carbonyl (C=O) groups excluding carboxylic acids is 1. The molecule has 0 heterocycles. The second kappa shape index (κ2) is 9.17. The van der Waals surface area contributed by atoms with E-state index in [0.29, 0.717) is 17.2 Å². The van der Waals surface area contributed by atoms with Gasteiger partial charge in [-0.25, -0.2) is 0 Å². The van der Waals surface area contributed by atoms with Gasteiger partial charge in [0.05, 0.1) is 5.92 Å². The van der Waals surface area contributed by atoms with Crippen LogP contribution >= 0.6 is 0 Å². The fourth-order valence-electron chi connectivity index (χ4n) is 4.31. The van der Waals surface area contributed by atoms with Crippen LogP contribution in [0.1, 0.15) is 105 Å². The smallest absolute Gasteiger partial charge is 0.174 e. The van der Waals surface area contributed by atoms with E-state index in [4.69, 9.17) is 0 Å². The lowest BCUT2D eigenvalue weighted by atomic mass is 9.75. The molecule has 174 valence electrons. The van der Waals surface area contributed by atoms with Crippen molar-refractivity contribution in [2.24, 2.45) is 0 Å². The van der Waals surface area contributed by atoms with Gasteiger partial charge in [-0.1, -0.05) is 122 Å². The van der Waals surface area contributed by atoms with Crippen LogP contribution in [0.15, 0.2) is 66.7 Å². The van der Waals surface area contributed by atoms with E-state index in [-0.39, 0.29) is 16.6 Å². The number of phenolic OH excluding ortho intramolecular Hbond substituents is 1. The molecule has 0 bridgehead atoms. The number of ketones is 1. The van der Waals surface area contributed by atoms with Gasteiger partial charge in [0.25, 0.3) is 0 Å². The first-order valence-electron chi connectivity index (χ1n) is 11.9. The summed E-state index contributed by atoms with van der Waals surface area (Å²) in [6.07, 6.45) is 0. The highest BCUT2D eigenvalue weighted by Crippen LogP contribution is 2.42. The predicted octanol–water partition coefficient (Wildman–Crippen LogP) is 8.13. The minimum atomic E-state index is -0.445. The van der Waals surface area contributed by atoms with Gasteiger partial charge in [0.15, 0.2) is 5.78 Å². The van der Waals surface area contributed by atoms with E-state index in [0.717, 1.165) is 22.3 Å². The Morgan fingerprint density at radius 3 is 1.61 bits per heavy atom. The van der Waals surface area contributed by atoms with Crippen LogP contribution in [0.5, 0.6) is 5.75 Å². The zero-order valence-electron chi connectivity index (χ0n) is 21.4. The Bertz CT molecular complexity index is 1070. The standard InChI is InChI=1S/C31H38O2/c1-20(2)21-14-16-23(17-15-21)28(32)27(22-12-10-9-11-13-22)24-18-25(30(3,4)5)29(33)26(19-24)31(6,7)8/h9-20,27,33H,1-8H3. The molecule has 3 rings (SSSR count). The Balaban J connectivity index is 2.25. The number of aromatic hydroxyl groups is 1. The van der Waals surface area contributed by atoms with Crippen molar-refractivity contribution in [2.75, 3.05) is 0 Å². The first-order valence-corrected chi connectivity index (χ1v) is 11.9. The quantitative estimate of drug-likeness (QED) is 0.405. The number of hydrogen-bond donors (Lipinski definition) is 1. The van der Waals surface area contributed by atoms with Crippen molar-refractivity contribution in [3.8, 4) is 5.75 Å². The highest BCUT2D eigenvalue weighted by Gasteiger charge is 2.31. The van der Waals surface area contributed by atoms with Gasteiger partial charge in [0.1, 0.15) is 5.75 Å². The van der Waals surface area contributed by atoms with Crippen LogP contribution in [0.2, 0.25) is 0 Å². The molecular formula is C31H38O2. The van der Waals surface area contributed by atoms with Gasteiger partial charge in [-0.2, -0.15) is 0 Å². The first kappa shape index (κ1) is 24.8. The van der Waals surface area contributed by atoms with Crippen molar-refractivity contribution in [3.05, 3.63) is 100 Å². The van der Waals surface area contributed by atoms with Crippen LogP contribution in [-0.4, -0.2) is 10.9 Å². The molecule has 0 aliphatic rings. The molecule has 0 saturated heterocycles. The van der Waals surface area contributed by atoms with E-state index >= 15 is 0 Å². The maximum atomic E-state index is 14.0. The minimum Gasteiger partial charge on any atom is -0.507 e. The summed E-state index contributed by atoms with van der Waals surface area (Å²) in [4.78, 5) is 14.0. The molecule has 2 nitrogen and oxygen atoms in total. The normalized spacial score (nSPS) is 13.2. The fourth-order valence-corrected chi connectivity index (χ4v) is 4.31. The zero-order valence-corrected chi connectivity index (χ0v) is 21.4. The number of hydrogen-bond acceptors (Lipinski definition) is 2. The zero-order chi connectivity index (χ0) is 24.6. The lowest BCUT2D eigenvalue weighted by molar-refractivity contribution is 0.0973. The molecule has 3 aromatic rings. The minimum absolute atomic E-state index is 0.0712. The third kappa shape index (κ3) is 5.38. The molecule has 3 aromatic carbocycles. The molecule has 0 aliphatic heterocycles. The molecule has 1 N–H and O–H groups in total. The molecule has 33 heavy (non-hydrogen) atoms. The van der Waals surface area contributed by atoms with Crippen molar-refractivity contribution in [1.82, 2.24) is 0 Å². The lowest BCUT2D eigenvalue weighted by Crippen LogP contribution is -2.21. The molecule has 0 radical (unpaired) electrons. The summed E-state index contributed by atoms with van der Waals surface area (Å²) in [5.74, 6) is 0.375. The maximum absolute atomic E-state index is 14.0. The monoisotopic (exact) mass is 442 g/mol. The molecule has 1 atom stereocenters. The molecule has 0 aliphatic carbocycles. The van der Waals surface area contributed by atoms with Gasteiger partial charge in [0, 0.05) is 5.56 Å². The Kier molecular flexibility index (Phi) is 6.88. The van der Waals surface area contributed by atoms with Crippen molar-refractivity contribution in [1.29, 1.82) is 0 Å². The first-order chi connectivity index (χ1) is 15.3. The second-order valence-corrected chi connectivity index (χ2v) is 11.4. The van der Waals surface area contributed by atoms with Crippen molar-refractivity contribution in [3.63, 3.8) is 0 Å². The number of Topliss-reactive ketones (excluding diaryl/α,β-unsaturated/α-hetero) is 1. The van der Waals surface area contributed by atoms with Gasteiger partial charge >= 0.3 is 0 Å². The highest BCUT2D eigenvalue weighted by atomic mass is 16.3. The van der Waals surface area contributed by atoms with Gasteiger partial charge in [-0.15, -0.1) is 0 Å². The third-order valence-corrected chi connectivity index (χ3v) is 6.34. The Morgan fingerprint density at radius 1 is 0.697 bits per heavy atom. The summed E-state index contributed by atoms with van der Waals surface area (Å²) < 4.78 is 0. The second-order valence-electron chi connectivity index (χ2n) is 11.4. The lowest BCUT2D eigenvalue weighted by Gasteiger charge is -2.30. The van der Waals surface area contributed by atoms with E-state index in [2.05, 4.69) is 67.5 Å². The SMILES string of the molecule is CC(C)c1ccc(C(=O)C(c2ccccc2)c2cc(C(C)(C)C)c(O)c(C(C)(C)C)c2)cc1. The summed E-state index contributed by atoms with van der Waals surface area (Å²) in [7, 11) is 0. The van der Waals surface area contributed by atoms with Crippen LogP contribution in [-0.2, 0) is 10.8 Å². The highest BCUT2D eigenvalue weighted by molar-refractivity contribution is 6.03. The number of rotatable bonds is 5. The predicted molar refractivity (Wildman–Crippen MR) is 139 cm³/mol. The van der Waals surface area contributed by atoms with E-state index in [9.17, 15) is 9.90 Å². The van der Waals surface area contributed by atoms with E-state index in [1.54, 1.807) is 0 Å². The molecule has 0 saturated carbocycles. The number of benzene rings is 3. The third-order valence-electron chi connectivity index (χ3n) is 6.34. The topological polar surface area (TPSA) is 37.3 Å². The van der Waals surface area contributed by atoms with Crippen molar-refractivity contribution >= 4 is 5.78 Å². The number of phenols is 1. The van der Waals surface area contributed by atoms with Gasteiger partial charge in [0.2, 0.25) is 0 Å². The van der Waals surface area contributed by atoms with Gasteiger partial charge in [-0.05, 0) is 44.6 Å². The summed E-state index contributed by atoms with van der Waals surface area (Å²) in [5.41, 5.74) is 5.02.